The van der Waals surface area contributed by atoms with Crippen molar-refractivity contribution in [3.05, 3.63) is 143 Å². The summed E-state index contributed by atoms with van der Waals surface area (Å²) in [5.74, 6) is 0.250. The first-order valence-corrected chi connectivity index (χ1v) is 9.33. The lowest BCUT2D eigenvalue weighted by Gasteiger charge is -2.19. The van der Waals surface area contributed by atoms with Crippen LogP contribution in [0.3, 0.4) is 0 Å². The van der Waals surface area contributed by atoms with Gasteiger partial charge in [0.15, 0.2) is 0 Å². The topological polar surface area (TPSA) is 0 Å². The van der Waals surface area contributed by atoms with Crippen molar-refractivity contribution in [2.75, 3.05) is 0 Å². The maximum Gasteiger partial charge on any atom is 0.0339 e. The highest BCUT2D eigenvalue weighted by molar-refractivity contribution is 5.69. The van der Waals surface area contributed by atoms with Gasteiger partial charge in [-0.1, -0.05) is 127 Å². The minimum atomic E-state index is 0.250. The molecule has 0 aromatic heterocycles. The standard InChI is InChI=1S/C27H22/c1-4-10-22(11-5-1)16-17-23-18-20-26(21-19-23)27(24-12-6-2-7-13-24)25-14-8-3-9-15-25/h1-21,27H. The summed E-state index contributed by atoms with van der Waals surface area (Å²) in [4.78, 5) is 0. The van der Waals surface area contributed by atoms with Gasteiger partial charge in [-0.15, -0.1) is 0 Å². The first kappa shape index (κ1) is 17.1. The average Bonchev–Trinajstić information content (AvgIpc) is 2.76. The highest BCUT2D eigenvalue weighted by Crippen LogP contribution is 2.32. The summed E-state index contributed by atoms with van der Waals surface area (Å²) in [5.41, 5.74) is 6.37. The van der Waals surface area contributed by atoms with Crippen molar-refractivity contribution in [3.63, 3.8) is 0 Å². The summed E-state index contributed by atoms with van der Waals surface area (Å²) in [5, 5.41) is 0. The Morgan fingerprint density at radius 3 is 1.22 bits per heavy atom. The Labute approximate surface area is 161 Å². The summed E-state index contributed by atoms with van der Waals surface area (Å²) in [6.45, 7) is 0. The van der Waals surface area contributed by atoms with Gasteiger partial charge in [0.1, 0.15) is 0 Å². The lowest BCUT2D eigenvalue weighted by Crippen LogP contribution is -2.03. The Hall–Kier alpha value is -3.38. The van der Waals surface area contributed by atoms with E-state index in [1.807, 2.05) is 6.07 Å². The van der Waals surface area contributed by atoms with Crippen molar-refractivity contribution in [3.8, 4) is 0 Å². The van der Waals surface area contributed by atoms with Crippen LogP contribution >= 0.6 is 0 Å². The fourth-order valence-corrected chi connectivity index (χ4v) is 3.42. The van der Waals surface area contributed by atoms with Crippen molar-refractivity contribution in [2.45, 2.75) is 5.92 Å². The number of hydrogen-bond acceptors (Lipinski definition) is 0. The molecule has 0 saturated carbocycles. The van der Waals surface area contributed by atoms with Crippen LogP contribution in [0.4, 0.5) is 0 Å². The Bertz CT molecular complexity index is 943. The number of rotatable bonds is 5. The highest BCUT2D eigenvalue weighted by Gasteiger charge is 2.15. The van der Waals surface area contributed by atoms with Crippen LogP contribution in [0.2, 0.25) is 0 Å². The molecule has 0 atom stereocenters. The summed E-state index contributed by atoms with van der Waals surface area (Å²) in [7, 11) is 0. The molecule has 0 nitrogen and oxygen atoms in total. The fourth-order valence-electron chi connectivity index (χ4n) is 3.42. The maximum atomic E-state index is 2.25. The average molecular weight is 346 g/mol. The molecule has 0 unspecified atom stereocenters. The van der Waals surface area contributed by atoms with Crippen molar-refractivity contribution in [2.24, 2.45) is 0 Å². The molecule has 0 saturated heterocycles. The lowest BCUT2D eigenvalue weighted by atomic mass is 9.85. The van der Waals surface area contributed by atoms with Gasteiger partial charge in [0.05, 0.1) is 0 Å². The molecule has 0 bridgehead atoms. The molecule has 4 rings (SSSR count). The SMILES string of the molecule is C(=Cc1ccc(C(c2ccccc2)c2ccccc2)cc1)c1ccccc1. The summed E-state index contributed by atoms with van der Waals surface area (Å²) in [6.07, 6.45) is 4.32. The zero-order chi connectivity index (χ0) is 18.3. The van der Waals surface area contributed by atoms with E-state index in [4.69, 9.17) is 0 Å². The van der Waals surface area contributed by atoms with Gasteiger partial charge in [-0.25, -0.2) is 0 Å². The molecule has 0 aliphatic heterocycles. The minimum absolute atomic E-state index is 0.250. The van der Waals surface area contributed by atoms with Gasteiger partial charge < -0.3 is 0 Å². The van der Waals surface area contributed by atoms with E-state index in [2.05, 4.69) is 121 Å². The zero-order valence-corrected chi connectivity index (χ0v) is 15.2. The summed E-state index contributed by atoms with van der Waals surface area (Å²) in [6, 6.07) is 40.7. The molecule has 0 amide bonds. The smallest absolute Gasteiger partial charge is 0.0339 e. The van der Waals surface area contributed by atoms with Crippen LogP contribution in [-0.2, 0) is 0 Å². The van der Waals surface area contributed by atoms with E-state index in [1.54, 1.807) is 0 Å². The van der Waals surface area contributed by atoms with E-state index in [-0.39, 0.29) is 5.92 Å². The number of hydrogen-bond donors (Lipinski definition) is 0. The van der Waals surface area contributed by atoms with Crippen molar-refractivity contribution in [1.82, 2.24) is 0 Å². The normalized spacial score (nSPS) is 11.1. The van der Waals surface area contributed by atoms with Crippen LogP contribution in [0.25, 0.3) is 12.2 Å². The van der Waals surface area contributed by atoms with Crippen molar-refractivity contribution < 1.29 is 0 Å². The highest BCUT2D eigenvalue weighted by atomic mass is 14.2. The second kappa shape index (κ2) is 8.33. The molecule has 0 N–H and O–H groups in total. The van der Waals surface area contributed by atoms with E-state index in [0.29, 0.717) is 0 Å². The van der Waals surface area contributed by atoms with Crippen molar-refractivity contribution >= 4 is 12.2 Å². The van der Waals surface area contributed by atoms with Crippen molar-refractivity contribution in [1.29, 1.82) is 0 Å². The predicted octanol–water partition coefficient (Wildman–Crippen LogP) is 7.04. The molecule has 0 heterocycles. The van der Waals surface area contributed by atoms with Gasteiger partial charge in [-0.2, -0.15) is 0 Å². The van der Waals surface area contributed by atoms with Gasteiger partial charge in [-0.3, -0.25) is 0 Å². The quantitative estimate of drug-likeness (QED) is 0.268. The minimum Gasteiger partial charge on any atom is -0.0622 e. The van der Waals surface area contributed by atoms with Crippen LogP contribution in [0.1, 0.15) is 33.7 Å². The molecular weight excluding hydrogens is 324 g/mol. The molecule has 0 heteroatoms. The monoisotopic (exact) mass is 346 g/mol. The second-order valence-electron chi connectivity index (χ2n) is 6.67. The van der Waals surface area contributed by atoms with E-state index < -0.39 is 0 Å². The van der Waals surface area contributed by atoms with Gasteiger partial charge >= 0.3 is 0 Å². The largest absolute Gasteiger partial charge is 0.0622 e. The molecule has 0 radical (unpaired) electrons. The Balaban J connectivity index is 1.64. The van der Waals surface area contributed by atoms with Crippen LogP contribution in [0.15, 0.2) is 115 Å². The lowest BCUT2D eigenvalue weighted by molar-refractivity contribution is 0.977. The first-order chi connectivity index (χ1) is 13.4. The number of benzene rings is 4. The molecule has 0 aliphatic carbocycles. The molecule has 0 fully saturated rings. The molecule has 27 heavy (non-hydrogen) atoms. The molecule has 4 aromatic rings. The first-order valence-electron chi connectivity index (χ1n) is 9.33. The van der Waals surface area contributed by atoms with Gasteiger partial charge in [0.25, 0.3) is 0 Å². The molecule has 0 aliphatic rings. The molecule has 0 spiro atoms. The molecular formula is C27H22. The Morgan fingerprint density at radius 2 is 0.741 bits per heavy atom. The predicted molar refractivity (Wildman–Crippen MR) is 116 cm³/mol. The van der Waals surface area contributed by atoms with E-state index >= 15 is 0 Å². The van der Waals surface area contributed by atoms with Gasteiger partial charge in [0, 0.05) is 5.92 Å². The third-order valence-corrected chi connectivity index (χ3v) is 4.80. The van der Waals surface area contributed by atoms with Gasteiger partial charge in [0.2, 0.25) is 0 Å². The second-order valence-corrected chi connectivity index (χ2v) is 6.67. The maximum absolute atomic E-state index is 2.25. The fraction of sp³-hybridized carbons (Fsp3) is 0.0370. The van der Waals surface area contributed by atoms with Crippen LogP contribution in [-0.4, -0.2) is 0 Å². The third kappa shape index (κ3) is 4.24. The molecule has 4 aromatic carbocycles. The van der Waals surface area contributed by atoms with Crippen LogP contribution in [0, 0.1) is 0 Å². The molecule has 130 valence electrons. The van der Waals surface area contributed by atoms with Crippen LogP contribution < -0.4 is 0 Å². The zero-order valence-electron chi connectivity index (χ0n) is 15.2. The Kier molecular flexibility index (Phi) is 5.26. The van der Waals surface area contributed by atoms with Gasteiger partial charge in [-0.05, 0) is 27.8 Å². The van der Waals surface area contributed by atoms with Crippen LogP contribution in [0.5, 0.6) is 0 Å². The summed E-state index contributed by atoms with van der Waals surface area (Å²) < 4.78 is 0. The summed E-state index contributed by atoms with van der Waals surface area (Å²) >= 11 is 0. The van der Waals surface area contributed by atoms with E-state index in [1.165, 1.54) is 27.8 Å². The third-order valence-electron chi connectivity index (χ3n) is 4.80. The Morgan fingerprint density at radius 1 is 0.370 bits per heavy atom. The van der Waals surface area contributed by atoms with E-state index in [0.717, 1.165) is 0 Å². The van der Waals surface area contributed by atoms with E-state index in [9.17, 15) is 0 Å².